The molecule has 2 fully saturated rings. The number of benzene rings is 2. The van der Waals surface area contributed by atoms with Crippen LogP contribution in [0.4, 0.5) is 5.69 Å². The molecule has 1 unspecified atom stereocenters. The van der Waals surface area contributed by atoms with E-state index in [1.807, 2.05) is 42.5 Å². The molecule has 3 aliphatic rings. The fraction of sp³-hybridized carbons (Fsp3) is 0.379. The van der Waals surface area contributed by atoms with E-state index in [1.54, 1.807) is 20.2 Å². The Labute approximate surface area is 220 Å². The lowest BCUT2D eigenvalue weighted by molar-refractivity contribution is -0.136. The van der Waals surface area contributed by atoms with Gasteiger partial charge in [0.15, 0.2) is 0 Å². The van der Waals surface area contributed by atoms with Gasteiger partial charge >= 0.3 is 0 Å². The summed E-state index contributed by atoms with van der Waals surface area (Å²) in [6.07, 6.45) is 2.77. The third-order valence-corrected chi connectivity index (χ3v) is 8.32. The zero-order chi connectivity index (χ0) is 26.6. The number of likely N-dealkylation sites (N-methyl/N-ethyl adjacent to an activating group) is 1. The smallest absolute Gasteiger partial charge is 0.270 e. The summed E-state index contributed by atoms with van der Waals surface area (Å²) in [6.45, 7) is 0.111. The van der Waals surface area contributed by atoms with Crippen LogP contribution in [0.25, 0.3) is 10.9 Å². The molecule has 6 rings (SSSR count). The summed E-state index contributed by atoms with van der Waals surface area (Å²) in [5.41, 5.74) is 1.70. The first-order chi connectivity index (χ1) is 18.4. The van der Waals surface area contributed by atoms with Gasteiger partial charge in [0.05, 0.1) is 18.6 Å². The quantitative estimate of drug-likeness (QED) is 0.526. The number of para-hydroxylation sites is 1. The number of amides is 3. The first-order valence-electron chi connectivity index (χ1n) is 12.9. The third-order valence-electron chi connectivity index (χ3n) is 8.32. The summed E-state index contributed by atoms with van der Waals surface area (Å²) in [5, 5.41) is 13.7. The standard InChI is InChI=1S/C29H29N5O4/c1-33(26(35)23-13-19-21(31-23)8-5-9-25(19)38-2)24(12-17-10-11-17)27(36)34-16-29(14-18(34)15-30)20-6-3-4-7-22(20)32-28(29)37/h3-9,13,17-18,24,31H,10-12,14,16H2,1-2H3,(H,32,37)/t18-,24?,29-/m0/s1. The molecule has 3 heterocycles. The summed E-state index contributed by atoms with van der Waals surface area (Å²) in [5.74, 6) is 0.218. The minimum absolute atomic E-state index is 0.111. The average molecular weight is 512 g/mol. The van der Waals surface area contributed by atoms with Crippen LogP contribution in [0.3, 0.4) is 0 Å². The van der Waals surface area contributed by atoms with E-state index >= 15 is 0 Å². The Bertz CT molecular complexity index is 1500. The topological polar surface area (TPSA) is 119 Å². The second-order valence-electron chi connectivity index (χ2n) is 10.6. The van der Waals surface area contributed by atoms with Gasteiger partial charge in [0.1, 0.15) is 23.5 Å². The van der Waals surface area contributed by atoms with Crippen LogP contribution in [-0.4, -0.2) is 65.3 Å². The number of nitrogens with one attached hydrogen (secondary N) is 2. The third kappa shape index (κ3) is 3.71. The molecule has 1 saturated carbocycles. The van der Waals surface area contributed by atoms with Crippen LogP contribution in [0.15, 0.2) is 48.5 Å². The highest BCUT2D eigenvalue weighted by Crippen LogP contribution is 2.47. The lowest BCUT2D eigenvalue weighted by Crippen LogP contribution is -2.51. The number of ether oxygens (including phenoxy) is 1. The van der Waals surface area contributed by atoms with Crippen LogP contribution < -0.4 is 10.1 Å². The molecular formula is C29H29N5O4. The van der Waals surface area contributed by atoms with Crippen LogP contribution in [-0.2, 0) is 15.0 Å². The molecule has 3 amide bonds. The Balaban J connectivity index is 1.31. The molecule has 1 saturated heterocycles. The van der Waals surface area contributed by atoms with Crippen molar-refractivity contribution in [3.63, 3.8) is 0 Å². The molecular weight excluding hydrogens is 482 g/mol. The normalized spacial score (nSPS) is 22.7. The van der Waals surface area contributed by atoms with Gasteiger partial charge in [-0.05, 0) is 42.2 Å². The highest BCUT2D eigenvalue weighted by atomic mass is 16.5. The Morgan fingerprint density at radius 1 is 1.24 bits per heavy atom. The van der Waals surface area contributed by atoms with E-state index < -0.39 is 17.5 Å². The number of rotatable bonds is 6. The maximum Gasteiger partial charge on any atom is 0.270 e. The maximum absolute atomic E-state index is 14.1. The molecule has 1 aromatic heterocycles. The highest BCUT2D eigenvalue weighted by Gasteiger charge is 2.57. The Morgan fingerprint density at radius 2 is 2.03 bits per heavy atom. The first-order valence-corrected chi connectivity index (χ1v) is 12.9. The predicted molar refractivity (Wildman–Crippen MR) is 141 cm³/mol. The lowest BCUT2D eigenvalue weighted by atomic mass is 9.80. The zero-order valence-corrected chi connectivity index (χ0v) is 21.4. The second-order valence-corrected chi connectivity index (χ2v) is 10.6. The minimum Gasteiger partial charge on any atom is -0.496 e. The largest absolute Gasteiger partial charge is 0.496 e. The molecule has 9 heteroatoms. The van der Waals surface area contributed by atoms with Gasteiger partial charge in [-0.1, -0.05) is 37.1 Å². The molecule has 3 atom stereocenters. The number of carbonyl (C=O) groups excluding carboxylic acids is 3. The van der Waals surface area contributed by atoms with Crippen LogP contribution in [0.5, 0.6) is 5.75 Å². The van der Waals surface area contributed by atoms with Crippen molar-refractivity contribution in [3.8, 4) is 11.8 Å². The van der Waals surface area contributed by atoms with Gasteiger partial charge in [-0.3, -0.25) is 14.4 Å². The molecule has 0 radical (unpaired) electrons. The Kier molecular flexibility index (Phi) is 5.64. The molecule has 2 N–H and O–H groups in total. The van der Waals surface area contributed by atoms with E-state index in [2.05, 4.69) is 16.4 Å². The molecule has 194 valence electrons. The molecule has 1 aliphatic carbocycles. The number of nitrogens with zero attached hydrogens (tertiary/aromatic N) is 3. The van der Waals surface area contributed by atoms with Gasteiger partial charge in [0, 0.05) is 36.6 Å². The van der Waals surface area contributed by atoms with Crippen molar-refractivity contribution in [3.05, 3.63) is 59.8 Å². The van der Waals surface area contributed by atoms with Crippen LogP contribution in [0.2, 0.25) is 0 Å². The SMILES string of the molecule is COc1cccc2[nH]c(C(=O)N(C)C(CC3CC3)C(=O)N3C[C@]4(C[C@H]3C#N)C(=O)Nc3ccccc34)cc12. The molecule has 2 aliphatic heterocycles. The summed E-state index contributed by atoms with van der Waals surface area (Å²) >= 11 is 0. The van der Waals surface area contributed by atoms with Crippen molar-refractivity contribution in [2.24, 2.45) is 5.92 Å². The van der Waals surface area contributed by atoms with Crippen molar-refractivity contribution in [2.75, 3.05) is 26.0 Å². The number of aromatic nitrogens is 1. The van der Waals surface area contributed by atoms with Crippen molar-refractivity contribution in [1.82, 2.24) is 14.8 Å². The molecule has 1 spiro atoms. The number of anilines is 1. The number of methoxy groups -OCH3 is 1. The van der Waals surface area contributed by atoms with E-state index in [0.717, 1.165) is 35.0 Å². The van der Waals surface area contributed by atoms with Gasteiger partial charge in [-0.25, -0.2) is 0 Å². The highest BCUT2D eigenvalue weighted by molar-refractivity contribution is 6.07. The van der Waals surface area contributed by atoms with Crippen molar-refractivity contribution < 1.29 is 19.1 Å². The van der Waals surface area contributed by atoms with Gasteiger partial charge in [-0.15, -0.1) is 0 Å². The number of aromatic amines is 1. The fourth-order valence-corrected chi connectivity index (χ4v) is 6.02. The summed E-state index contributed by atoms with van der Waals surface area (Å²) < 4.78 is 5.43. The monoisotopic (exact) mass is 511 g/mol. The fourth-order valence-electron chi connectivity index (χ4n) is 6.02. The average Bonchev–Trinajstić information content (AvgIpc) is 3.40. The van der Waals surface area contributed by atoms with Crippen molar-refractivity contribution >= 4 is 34.3 Å². The predicted octanol–water partition coefficient (Wildman–Crippen LogP) is 3.43. The van der Waals surface area contributed by atoms with E-state index in [-0.39, 0.29) is 30.7 Å². The number of fused-ring (bicyclic) bond motifs is 3. The molecule has 2 aromatic carbocycles. The summed E-state index contributed by atoms with van der Waals surface area (Å²) in [4.78, 5) is 47.1. The maximum atomic E-state index is 14.1. The number of H-pyrrole nitrogens is 1. The number of likely N-dealkylation sites (tertiary alicyclic amines) is 1. The number of hydrogen-bond acceptors (Lipinski definition) is 5. The van der Waals surface area contributed by atoms with Crippen molar-refractivity contribution in [1.29, 1.82) is 5.26 Å². The summed E-state index contributed by atoms with van der Waals surface area (Å²) in [7, 11) is 3.22. The summed E-state index contributed by atoms with van der Waals surface area (Å²) in [6, 6.07) is 15.5. The minimum atomic E-state index is -0.965. The second kappa shape index (κ2) is 8.91. The molecule has 9 nitrogen and oxygen atoms in total. The van der Waals surface area contributed by atoms with E-state index in [9.17, 15) is 19.6 Å². The Morgan fingerprint density at radius 3 is 2.76 bits per heavy atom. The van der Waals surface area contributed by atoms with Crippen LogP contribution >= 0.6 is 0 Å². The number of carbonyl (C=O) groups is 3. The first kappa shape index (κ1) is 24.0. The van der Waals surface area contributed by atoms with E-state index in [0.29, 0.717) is 23.8 Å². The zero-order valence-electron chi connectivity index (χ0n) is 21.4. The van der Waals surface area contributed by atoms with Gasteiger partial charge < -0.3 is 24.8 Å². The number of hydrogen-bond donors (Lipinski definition) is 2. The lowest BCUT2D eigenvalue weighted by Gasteiger charge is -2.32. The molecule has 38 heavy (non-hydrogen) atoms. The van der Waals surface area contributed by atoms with Gasteiger partial charge in [-0.2, -0.15) is 5.26 Å². The van der Waals surface area contributed by atoms with E-state index in [4.69, 9.17) is 4.74 Å². The Hall–Kier alpha value is -4.32. The van der Waals surface area contributed by atoms with Crippen molar-refractivity contribution in [2.45, 2.75) is 43.2 Å². The van der Waals surface area contributed by atoms with Crippen LogP contribution in [0.1, 0.15) is 41.7 Å². The van der Waals surface area contributed by atoms with Crippen LogP contribution in [0, 0.1) is 17.2 Å². The molecule has 0 bridgehead atoms. The molecule has 3 aromatic rings. The van der Waals surface area contributed by atoms with Gasteiger partial charge in [0.25, 0.3) is 5.91 Å². The van der Waals surface area contributed by atoms with Gasteiger partial charge in [0.2, 0.25) is 11.8 Å². The number of nitriles is 1. The van der Waals surface area contributed by atoms with E-state index in [1.165, 1.54) is 9.80 Å².